The number of aryl methyl sites for hydroxylation is 2. The molecule has 17 heavy (non-hydrogen) atoms. The van der Waals surface area contributed by atoms with Crippen molar-refractivity contribution in [2.45, 2.75) is 26.8 Å². The standard InChI is InChI=1S/C11H16N4S.ClH/c1-8-10(16-9(2)15-8)3-4-12-7-11-13-5-6-14-11;/h5-6,12H,3-4,7H2,1-2H3,(H,13,14);1H. The molecular weight excluding hydrogens is 256 g/mol. The van der Waals surface area contributed by atoms with Crippen LogP contribution in [-0.4, -0.2) is 21.5 Å². The van der Waals surface area contributed by atoms with Gasteiger partial charge in [0, 0.05) is 23.8 Å². The minimum Gasteiger partial charge on any atom is -0.348 e. The molecule has 2 aromatic heterocycles. The maximum atomic E-state index is 4.41. The van der Waals surface area contributed by atoms with Crippen LogP contribution in [0.3, 0.4) is 0 Å². The number of halogens is 1. The second-order valence-electron chi connectivity index (χ2n) is 3.70. The molecule has 0 atom stereocenters. The molecule has 0 saturated carbocycles. The molecular formula is C11H17ClN4S. The van der Waals surface area contributed by atoms with E-state index < -0.39 is 0 Å². The van der Waals surface area contributed by atoms with E-state index in [1.165, 1.54) is 10.6 Å². The largest absolute Gasteiger partial charge is 0.348 e. The fraction of sp³-hybridized carbons (Fsp3) is 0.455. The lowest BCUT2D eigenvalue weighted by atomic mass is 10.3. The average molecular weight is 273 g/mol. The summed E-state index contributed by atoms with van der Waals surface area (Å²) in [6, 6.07) is 0. The van der Waals surface area contributed by atoms with Crippen molar-refractivity contribution in [2.75, 3.05) is 6.54 Å². The van der Waals surface area contributed by atoms with E-state index in [-0.39, 0.29) is 12.4 Å². The van der Waals surface area contributed by atoms with E-state index in [0.29, 0.717) is 0 Å². The molecule has 0 aliphatic carbocycles. The number of imidazole rings is 1. The third-order valence-corrected chi connectivity index (χ3v) is 3.51. The molecule has 2 rings (SSSR count). The first-order valence-electron chi connectivity index (χ1n) is 5.37. The molecule has 2 aromatic rings. The smallest absolute Gasteiger partial charge is 0.120 e. The summed E-state index contributed by atoms with van der Waals surface area (Å²) in [5.74, 6) is 0.984. The van der Waals surface area contributed by atoms with Gasteiger partial charge in [0.1, 0.15) is 5.82 Å². The van der Waals surface area contributed by atoms with Gasteiger partial charge in [-0.3, -0.25) is 0 Å². The molecule has 0 fully saturated rings. The van der Waals surface area contributed by atoms with E-state index in [9.17, 15) is 0 Å². The maximum absolute atomic E-state index is 4.41. The van der Waals surface area contributed by atoms with E-state index in [0.717, 1.165) is 30.3 Å². The second kappa shape index (κ2) is 6.74. The molecule has 0 saturated heterocycles. The number of nitrogens with one attached hydrogen (secondary N) is 2. The van der Waals surface area contributed by atoms with Crippen molar-refractivity contribution in [2.24, 2.45) is 0 Å². The van der Waals surface area contributed by atoms with Gasteiger partial charge in [-0.15, -0.1) is 23.7 Å². The summed E-state index contributed by atoms with van der Waals surface area (Å²) in [6.07, 6.45) is 4.65. The molecule has 0 aromatic carbocycles. The van der Waals surface area contributed by atoms with E-state index in [4.69, 9.17) is 0 Å². The van der Waals surface area contributed by atoms with Crippen LogP contribution < -0.4 is 5.32 Å². The summed E-state index contributed by atoms with van der Waals surface area (Å²) in [4.78, 5) is 13.0. The van der Waals surface area contributed by atoms with E-state index >= 15 is 0 Å². The Labute approximate surface area is 111 Å². The normalized spacial score (nSPS) is 10.2. The topological polar surface area (TPSA) is 53.6 Å². The van der Waals surface area contributed by atoms with E-state index in [2.05, 4.69) is 34.1 Å². The molecule has 0 bridgehead atoms. The lowest BCUT2D eigenvalue weighted by molar-refractivity contribution is 0.666. The van der Waals surface area contributed by atoms with Crippen LogP contribution in [0.25, 0.3) is 0 Å². The molecule has 4 nitrogen and oxygen atoms in total. The zero-order chi connectivity index (χ0) is 11.4. The van der Waals surface area contributed by atoms with E-state index in [1.54, 1.807) is 17.5 Å². The summed E-state index contributed by atoms with van der Waals surface area (Å²) < 4.78 is 0. The molecule has 2 N–H and O–H groups in total. The van der Waals surface area contributed by atoms with Crippen LogP contribution in [0.5, 0.6) is 0 Å². The van der Waals surface area contributed by atoms with Gasteiger partial charge in [-0.05, 0) is 20.3 Å². The molecule has 0 amide bonds. The van der Waals surface area contributed by atoms with Gasteiger partial charge in [-0.25, -0.2) is 9.97 Å². The molecule has 0 spiro atoms. The van der Waals surface area contributed by atoms with E-state index in [1.807, 2.05) is 6.20 Å². The van der Waals surface area contributed by atoms with Gasteiger partial charge >= 0.3 is 0 Å². The van der Waals surface area contributed by atoms with Crippen LogP contribution in [0.2, 0.25) is 0 Å². The fourth-order valence-electron chi connectivity index (χ4n) is 1.61. The Kier molecular flexibility index (Phi) is 5.61. The lowest BCUT2D eigenvalue weighted by Crippen LogP contribution is -2.17. The van der Waals surface area contributed by atoms with Crippen LogP contribution in [0.15, 0.2) is 12.4 Å². The summed E-state index contributed by atoms with van der Waals surface area (Å²) in [6.45, 7) is 5.88. The summed E-state index contributed by atoms with van der Waals surface area (Å²) in [5, 5.41) is 4.51. The first kappa shape index (κ1) is 14.2. The Morgan fingerprint density at radius 2 is 2.24 bits per heavy atom. The summed E-state index contributed by atoms with van der Waals surface area (Å²) in [7, 11) is 0. The van der Waals surface area contributed by atoms with Crippen molar-refractivity contribution >= 4 is 23.7 Å². The molecule has 0 unspecified atom stereocenters. The number of hydrogen-bond donors (Lipinski definition) is 2. The number of thiazole rings is 1. The number of hydrogen-bond acceptors (Lipinski definition) is 4. The highest BCUT2D eigenvalue weighted by atomic mass is 35.5. The zero-order valence-corrected chi connectivity index (χ0v) is 11.6. The van der Waals surface area contributed by atoms with Crippen molar-refractivity contribution in [3.8, 4) is 0 Å². The molecule has 6 heteroatoms. The lowest BCUT2D eigenvalue weighted by Gasteiger charge is -2.01. The SMILES string of the molecule is Cc1nc(C)c(CCNCc2ncc[nH]2)s1.Cl. The number of nitrogens with zero attached hydrogens (tertiary/aromatic N) is 2. The van der Waals surface area contributed by atoms with Gasteiger partial charge in [-0.1, -0.05) is 0 Å². The van der Waals surface area contributed by atoms with Gasteiger partial charge < -0.3 is 10.3 Å². The van der Waals surface area contributed by atoms with Gasteiger partial charge in [0.2, 0.25) is 0 Å². The Morgan fingerprint density at radius 3 is 2.82 bits per heavy atom. The zero-order valence-electron chi connectivity index (χ0n) is 9.99. The predicted molar refractivity (Wildman–Crippen MR) is 72.8 cm³/mol. The highest BCUT2D eigenvalue weighted by Gasteiger charge is 2.03. The van der Waals surface area contributed by atoms with Gasteiger partial charge in [0.25, 0.3) is 0 Å². The maximum Gasteiger partial charge on any atom is 0.120 e. The summed E-state index contributed by atoms with van der Waals surface area (Å²) >= 11 is 1.79. The third-order valence-electron chi connectivity index (χ3n) is 2.38. The van der Waals surface area contributed by atoms with Crippen molar-refractivity contribution in [3.63, 3.8) is 0 Å². The number of H-pyrrole nitrogens is 1. The number of aromatic nitrogens is 3. The first-order chi connectivity index (χ1) is 7.75. The highest BCUT2D eigenvalue weighted by Crippen LogP contribution is 2.16. The second-order valence-corrected chi connectivity index (χ2v) is 4.99. The number of aromatic amines is 1. The third kappa shape index (κ3) is 4.11. The van der Waals surface area contributed by atoms with Crippen LogP contribution in [-0.2, 0) is 13.0 Å². The average Bonchev–Trinajstić information content (AvgIpc) is 2.84. The minimum atomic E-state index is 0. The molecule has 0 radical (unpaired) electrons. The first-order valence-corrected chi connectivity index (χ1v) is 6.19. The van der Waals surface area contributed by atoms with Crippen molar-refractivity contribution in [1.29, 1.82) is 0 Å². The molecule has 94 valence electrons. The van der Waals surface area contributed by atoms with Crippen LogP contribution >= 0.6 is 23.7 Å². The highest BCUT2D eigenvalue weighted by molar-refractivity contribution is 7.11. The van der Waals surface area contributed by atoms with Crippen LogP contribution in [0.1, 0.15) is 21.4 Å². The Hall–Kier alpha value is -0.910. The van der Waals surface area contributed by atoms with Crippen molar-refractivity contribution in [1.82, 2.24) is 20.3 Å². The summed E-state index contributed by atoms with van der Waals surface area (Å²) in [5.41, 5.74) is 1.17. The Balaban J connectivity index is 0.00000144. The van der Waals surface area contributed by atoms with Crippen LogP contribution in [0.4, 0.5) is 0 Å². The molecule has 0 aliphatic heterocycles. The predicted octanol–water partition coefficient (Wildman–Crippen LogP) is 2.24. The van der Waals surface area contributed by atoms with Crippen molar-refractivity contribution in [3.05, 3.63) is 33.8 Å². The van der Waals surface area contributed by atoms with Crippen LogP contribution in [0, 0.1) is 13.8 Å². The number of rotatable bonds is 5. The Bertz CT molecular complexity index is 438. The minimum absolute atomic E-state index is 0. The van der Waals surface area contributed by atoms with Gasteiger partial charge in [0.15, 0.2) is 0 Å². The van der Waals surface area contributed by atoms with Gasteiger partial charge in [-0.2, -0.15) is 0 Å². The monoisotopic (exact) mass is 272 g/mol. The fourth-order valence-corrected chi connectivity index (χ4v) is 2.55. The van der Waals surface area contributed by atoms with Crippen molar-refractivity contribution < 1.29 is 0 Å². The van der Waals surface area contributed by atoms with Gasteiger partial charge in [0.05, 0.1) is 17.2 Å². The molecule has 0 aliphatic rings. The molecule has 2 heterocycles. The quantitative estimate of drug-likeness (QED) is 0.821. The Morgan fingerprint density at radius 1 is 1.41 bits per heavy atom.